The number of nitrogens with one attached hydrogen (secondary N) is 1. The molecule has 1 amide bonds. The summed E-state index contributed by atoms with van der Waals surface area (Å²) in [6.45, 7) is 2.07. The van der Waals surface area contributed by atoms with Gasteiger partial charge in [0.1, 0.15) is 0 Å². The van der Waals surface area contributed by atoms with Crippen molar-refractivity contribution in [1.29, 1.82) is 0 Å². The first-order chi connectivity index (χ1) is 11.2. The second-order valence-corrected chi connectivity index (χ2v) is 6.40. The summed E-state index contributed by atoms with van der Waals surface area (Å²) in [4.78, 5) is 19.1. The van der Waals surface area contributed by atoms with E-state index in [1.54, 1.807) is 23.5 Å². The summed E-state index contributed by atoms with van der Waals surface area (Å²) in [7, 11) is 0. The molecule has 0 radical (unpaired) electrons. The van der Waals surface area contributed by atoms with E-state index in [0.29, 0.717) is 5.56 Å². The molecule has 0 aliphatic rings. The molecule has 3 rings (SSSR count). The van der Waals surface area contributed by atoms with Gasteiger partial charge in [0.05, 0.1) is 5.69 Å². The minimum absolute atomic E-state index is 0.139. The summed E-state index contributed by atoms with van der Waals surface area (Å²) >= 11 is 1.69. The van der Waals surface area contributed by atoms with E-state index in [0.717, 1.165) is 16.3 Å². The highest BCUT2D eigenvalue weighted by atomic mass is 32.1. The molecule has 0 atom stereocenters. The van der Waals surface area contributed by atoms with Crippen molar-refractivity contribution in [2.45, 2.75) is 6.92 Å². The summed E-state index contributed by atoms with van der Waals surface area (Å²) in [5.74, 6) is -0.139. The quantitative estimate of drug-likeness (QED) is 0.671. The van der Waals surface area contributed by atoms with Crippen molar-refractivity contribution in [3.63, 3.8) is 0 Å². The Balaban J connectivity index is 1.74. The van der Waals surface area contributed by atoms with Crippen molar-refractivity contribution in [2.24, 2.45) is 4.99 Å². The van der Waals surface area contributed by atoms with Crippen molar-refractivity contribution in [1.82, 2.24) is 0 Å². The monoisotopic (exact) mass is 320 g/mol. The van der Waals surface area contributed by atoms with E-state index in [9.17, 15) is 4.79 Å². The van der Waals surface area contributed by atoms with Crippen LogP contribution in [0.3, 0.4) is 0 Å². The van der Waals surface area contributed by atoms with Crippen LogP contribution in [0.15, 0.2) is 71.7 Å². The lowest BCUT2D eigenvalue weighted by atomic mass is 10.2. The van der Waals surface area contributed by atoms with Crippen LogP contribution in [0, 0.1) is 6.92 Å². The number of carbonyl (C=O) groups is 1. The van der Waals surface area contributed by atoms with Gasteiger partial charge in [0.25, 0.3) is 5.91 Å². The summed E-state index contributed by atoms with van der Waals surface area (Å²) in [5.41, 5.74) is 2.13. The van der Waals surface area contributed by atoms with Crippen LogP contribution in [0.2, 0.25) is 0 Å². The van der Waals surface area contributed by atoms with Gasteiger partial charge in [-0.3, -0.25) is 9.79 Å². The van der Waals surface area contributed by atoms with E-state index in [4.69, 9.17) is 0 Å². The lowest BCUT2D eigenvalue weighted by molar-refractivity contribution is 0.102. The molecule has 0 saturated heterocycles. The maximum atomic E-state index is 12.3. The fourth-order valence-corrected chi connectivity index (χ4v) is 2.86. The number of hydrogen-bond acceptors (Lipinski definition) is 3. The molecule has 114 valence electrons. The molecule has 3 nitrogen and oxygen atoms in total. The molecule has 1 aromatic heterocycles. The van der Waals surface area contributed by atoms with Crippen LogP contribution in [0.1, 0.15) is 20.1 Å². The Kier molecular flexibility index (Phi) is 4.64. The minimum atomic E-state index is -0.139. The van der Waals surface area contributed by atoms with Gasteiger partial charge in [-0.25, -0.2) is 0 Å². The third kappa shape index (κ3) is 4.14. The zero-order valence-corrected chi connectivity index (χ0v) is 13.5. The Bertz CT molecular complexity index is 837. The summed E-state index contributed by atoms with van der Waals surface area (Å²) in [6.07, 6.45) is 1.83. The van der Waals surface area contributed by atoms with E-state index in [2.05, 4.69) is 23.3 Å². The fraction of sp³-hybridized carbons (Fsp3) is 0.0526. The average molecular weight is 320 g/mol. The number of benzene rings is 2. The molecule has 0 bridgehead atoms. The van der Waals surface area contributed by atoms with Crippen LogP contribution >= 0.6 is 11.3 Å². The smallest absolute Gasteiger partial charge is 0.255 e. The second-order valence-electron chi connectivity index (χ2n) is 5.08. The van der Waals surface area contributed by atoms with Crippen molar-refractivity contribution in [3.05, 3.63) is 82.0 Å². The SMILES string of the molecule is Cc1ccc(/C=N/c2cccc(C(=O)Nc3ccccc3)c2)s1. The number of para-hydroxylation sites is 1. The van der Waals surface area contributed by atoms with Gasteiger partial charge in [-0.1, -0.05) is 24.3 Å². The van der Waals surface area contributed by atoms with Gasteiger partial charge in [-0.05, 0) is 49.4 Å². The highest BCUT2D eigenvalue weighted by Gasteiger charge is 2.06. The highest BCUT2D eigenvalue weighted by molar-refractivity contribution is 7.13. The molecule has 1 heterocycles. The van der Waals surface area contributed by atoms with Crippen LogP contribution in [0.25, 0.3) is 0 Å². The maximum absolute atomic E-state index is 12.3. The standard InChI is InChI=1S/C19H16N2OS/c1-14-10-11-18(23-14)13-20-17-9-5-6-15(12-17)19(22)21-16-7-3-2-4-8-16/h2-13H,1H3,(H,21,22)/b20-13+. The first-order valence-electron chi connectivity index (χ1n) is 7.28. The normalized spacial score (nSPS) is 10.8. The number of aliphatic imine (C=N–C) groups is 1. The summed E-state index contributed by atoms with van der Waals surface area (Å²) < 4.78 is 0. The Morgan fingerprint density at radius 1 is 1.04 bits per heavy atom. The zero-order valence-electron chi connectivity index (χ0n) is 12.7. The predicted octanol–water partition coefficient (Wildman–Crippen LogP) is 5.06. The van der Waals surface area contributed by atoms with Crippen molar-refractivity contribution >= 4 is 34.8 Å². The van der Waals surface area contributed by atoms with E-state index in [1.807, 2.05) is 54.7 Å². The van der Waals surface area contributed by atoms with Crippen molar-refractivity contribution < 1.29 is 4.79 Å². The number of anilines is 1. The topological polar surface area (TPSA) is 41.5 Å². The zero-order chi connectivity index (χ0) is 16.1. The van der Waals surface area contributed by atoms with Gasteiger partial charge in [0.15, 0.2) is 0 Å². The van der Waals surface area contributed by atoms with Crippen LogP contribution in [0.4, 0.5) is 11.4 Å². The molecule has 0 spiro atoms. The van der Waals surface area contributed by atoms with Crippen LogP contribution in [-0.2, 0) is 0 Å². The number of amides is 1. The van der Waals surface area contributed by atoms with E-state index in [-0.39, 0.29) is 5.91 Å². The van der Waals surface area contributed by atoms with Gasteiger partial charge in [0.2, 0.25) is 0 Å². The Hall–Kier alpha value is -2.72. The number of hydrogen-bond donors (Lipinski definition) is 1. The van der Waals surface area contributed by atoms with Crippen LogP contribution < -0.4 is 5.32 Å². The number of rotatable bonds is 4. The van der Waals surface area contributed by atoms with Crippen molar-refractivity contribution in [3.8, 4) is 0 Å². The summed E-state index contributed by atoms with van der Waals surface area (Å²) in [6, 6.07) is 20.8. The van der Waals surface area contributed by atoms with E-state index < -0.39 is 0 Å². The van der Waals surface area contributed by atoms with E-state index in [1.165, 1.54) is 4.88 Å². The van der Waals surface area contributed by atoms with Crippen LogP contribution in [0.5, 0.6) is 0 Å². The molecular formula is C19H16N2OS. The number of thiophene rings is 1. The second kappa shape index (κ2) is 7.03. The molecule has 0 fully saturated rings. The third-order valence-electron chi connectivity index (χ3n) is 3.24. The molecule has 1 N–H and O–H groups in total. The highest BCUT2D eigenvalue weighted by Crippen LogP contribution is 2.18. The minimum Gasteiger partial charge on any atom is -0.322 e. The molecule has 2 aromatic carbocycles. The Morgan fingerprint density at radius 2 is 1.87 bits per heavy atom. The van der Waals surface area contributed by atoms with Gasteiger partial charge in [-0.15, -0.1) is 11.3 Å². The van der Waals surface area contributed by atoms with Crippen LogP contribution in [-0.4, -0.2) is 12.1 Å². The van der Waals surface area contributed by atoms with Gasteiger partial charge < -0.3 is 5.32 Å². The molecule has 4 heteroatoms. The van der Waals surface area contributed by atoms with Gasteiger partial charge >= 0.3 is 0 Å². The molecule has 0 saturated carbocycles. The summed E-state index contributed by atoms with van der Waals surface area (Å²) in [5, 5.41) is 2.87. The third-order valence-corrected chi connectivity index (χ3v) is 4.18. The van der Waals surface area contributed by atoms with Gasteiger partial charge in [-0.2, -0.15) is 0 Å². The number of aryl methyl sites for hydroxylation is 1. The van der Waals surface area contributed by atoms with E-state index >= 15 is 0 Å². The lowest BCUT2D eigenvalue weighted by Crippen LogP contribution is -2.11. The molecule has 0 aliphatic carbocycles. The molecular weight excluding hydrogens is 304 g/mol. The van der Waals surface area contributed by atoms with Gasteiger partial charge in [0, 0.05) is 27.2 Å². The fourth-order valence-electron chi connectivity index (χ4n) is 2.11. The molecule has 0 aliphatic heterocycles. The lowest BCUT2D eigenvalue weighted by Gasteiger charge is -2.05. The largest absolute Gasteiger partial charge is 0.322 e. The molecule has 3 aromatic rings. The number of carbonyl (C=O) groups excluding carboxylic acids is 1. The molecule has 0 unspecified atom stereocenters. The maximum Gasteiger partial charge on any atom is 0.255 e. The first-order valence-corrected chi connectivity index (χ1v) is 8.09. The Morgan fingerprint density at radius 3 is 2.61 bits per heavy atom. The number of nitrogens with zero attached hydrogens (tertiary/aromatic N) is 1. The average Bonchev–Trinajstić information content (AvgIpc) is 3.00. The first kappa shape index (κ1) is 15.2. The van der Waals surface area contributed by atoms with Crippen molar-refractivity contribution in [2.75, 3.05) is 5.32 Å². The predicted molar refractivity (Wildman–Crippen MR) is 97.1 cm³/mol. The Labute approximate surface area is 139 Å². The molecule has 23 heavy (non-hydrogen) atoms.